The predicted molar refractivity (Wildman–Crippen MR) is 57.1 cm³/mol. The summed E-state index contributed by atoms with van der Waals surface area (Å²) in [6.07, 6.45) is 5.21. The van der Waals surface area contributed by atoms with Gasteiger partial charge in [0.2, 0.25) is 0 Å². The second-order valence-corrected chi connectivity index (χ2v) is 4.70. The molecule has 0 radical (unpaired) electrons. The summed E-state index contributed by atoms with van der Waals surface area (Å²) in [5.41, 5.74) is 8.71. The highest BCUT2D eigenvalue weighted by atomic mass is 15.3. The van der Waals surface area contributed by atoms with Crippen LogP contribution in [0.4, 0.5) is 0 Å². The molecule has 0 aliphatic heterocycles. The van der Waals surface area contributed by atoms with Gasteiger partial charge >= 0.3 is 0 Å². The summed E-state index contributed by atoms with van der Waals surface area (Å²) < 4.78 is 2.16. The van der Waals surface area contributed by atoms with Gasteiger partial charge < -0.3 is 5.73 Å². The quantitative estimate of drug-likeness (QED) is 0.770. The van der Waals surface area contributed by atoms with E-state index < -0.39 is 0 Å². The van der Waals surface area contributed by atoms with Gasteiger partial charge in [0.05, 0.1) is 6.20 Å². The molecule has 1 aliphatic carbocycles. The molecule has 14 heavy (non-hydrogen) atoms. The lowest BCUT2D eigenvalue weighted by atomic mass is 9.94. The zero-order valence-electron chi connectivity index (χ0n) is 9.03. The first-order valence-corrected chi connectivity index (χ1v) is 5.46. The van der Waals surface area contributed by atoms with Crippen LogP contribution in [0, 0.1) is 5.92 Å². The molecule has 0 aromatic carbocycles. The molecule has 3 heteroatoms. The lowest BCUT2D eigenvalue weighted by Crippen LogP contribution is -2.28. The smallest absolute Gasteiger partial charge is 0.0525 e. The number of aromatic nitrogens is 2. The van der Waals surface area contributed by atoms with Gasteiger partial charge in [0.1, 0.15) is 0 Å². The van der Waals surface area contributed by atoms with Crippen molar-refractivity contribution in [3.8, 4) is 0 Å². The number of nitrogens with zero attached hydrogens (tertiary/aromatic N) is 2. The van der Waals surface area contributed by atoms with Crippen molar-refractivity contribution in [2.75, 3.05) is 0 Å². The van der Waals surface area contributed by atoms with Crippen LogP contribution in [0.1, 0.15) is 31.5 Å². The Morgan fingerprint density at radius 1 is 1.64 bits per heavy atom. The van der Waals surface area contributed by atoms with E-state index >= 15 is 0 Å². The van der Waals surface area contributed by atoms with Crippen LogP contribution in [0.5, 0.6) is 0 Å². The highest BCUT2D eigenvalue weighted by molar-refractivity contribution is 5.22. The molecule has 0 spiro atoms. The summed E-state index contributed by atoms with van der Waals surface area (Å²) in [7, 11) is 0. The van der Waals surface area contributed by atoms with Crippen molar-refractivity contribution in [1.29, 1.82) is 0 Å². The van der Waals surface area contributed by atoms with E-state index in [0.29, 0.717) is 12.0 Å². The molecule has 1 aliphatic rings. The lowest BCUT2D eigenvalue weighted by molar-refractivity contribution is 0.454. The van der Waals surface area contributed by atoms with Crippen LogP contribution < -0.4 is 5.73 Å². The van der Waals surface area contributed by atoms with Gasteiger partial charge in [0, 0.05) is 18.3 Å². The van der Waals surface area contributed by atoms with Gasteiger partial charge in [-0.2, -0.15) is 5.10 Å². The first-order valence-electron chi connectivity index (χ1n) is 5.46. The molecule has 3 nitrogen and oxygen atoms in total. The second kappa shape index (κ2) is 3.73. The van der Waals surface area contributed by atoms with E-state index in [9.17, 15) is 0 Å². The Kier molecular flexibility index (Phi) is 2.59. The molecule has 0 bridgehead atoms. The largest absolute Gasteiger partial charge is 0.327 e. The molecule has 0 fully saturated rings. The lowest BCUT2D eigenvalue weighted by Gasteiger charge is -2.19. The van der Waals surface area contributed by atoms with E-state index in [4.69, 9.17) is 5.73 Å². The van der Waals surface area contributed by atoms with Gasteiger partial charge in [-0.3, -0.25) is 4.68 Å². The fourth-order valence-corrected chi connectivity index (χ4v) is 2.12. The molecule has 2 rings (SSSR count). The Bertz CT molecular complexity index is 314. The number of hydrogen-bond acceptors (Lipinski definition) is 2. The second-order valence-electron chi connectivity index (χ2n) is 4.70. The average Bonchev–Trinajstić information content (AvgIpc) is 2.47. The van der Waals surface area contributed by atoms with E-state index in [1.807, 2.05) is 6.20 Å². The van der Waals surface area contributed by atoms with E-state index in [2.05, 4.69) is 23.6 Å². The van der Waals surface area contributed by atoms with Crippen LogP contribution in [0.15, 0.2) is 6.20 Å². The predicted octanol–water partition coefficient (Wildman–Crippen LogP) is 1.36. The van der Waals surface area contributed by atoms with E-state index in [1.165, 1.54) is 11.3 Å². The summed E-state index contributed by atoms with van der Waals surface area (Å²) in [4.78, 5) is 0. The topological polar surface area (TPSA) is 43.8 Å². The molecule has 0 saturated carbocycles. The van der Waals surface area contributed by atoms with Crippen molar-refractivity contribution in [2.45, 2.75) is 45.7 Å². The third-order valence-electron chi connectivity index (χ3n) is 2.81. The van der Waals surface area contributed by atoms with Gasteiger partial charge in [0.25, 0.3) is 0 Å². The minimum absolute atomic E-state index is 0.346. The van der Waals surface area contributed by atoms with E-state index in [0.717, 1.165) is 25.8 Å². The summed E-state index contributed by atoms with van der Waals surface area (Å²) in [6, 6.07) is 0.346. The fraction of sp³-hybridized carbons (Fsp3) is 0.727. The van der Waals surface area contributed by atoms with Gasteiger partial charge in [-0.15, -0.1) is 0 Å². The molecule has 1 aromatic rings. The maximum atomic E-state index is 5.92. The van der Waals surface area contributed by atoms with Gasteiger partial charge in [-0.05, 0) is 30.7 Å². The van der Waals surface area contributed by atoms with E-state index in [-0.39, 0.29) is 0 Å². The van der Waals surface area contributed by atoms with E-state index in [1.54, 1.807) is 0 Å². The zero-order valence-corrected chi connectivity index (χ0v) is 9.03. The Hall–Kier alpha value is -0.830. The fourth-order valence-electron chi connectivity index (χ4n) is 2.12. The zero-order chi connectivity index (χ0) is 10.1. The highest BCUT2D eigenvalue weighted by Crippen LogP contribution is 2.20. The maximum absolute atomic E-state index is 5.92. The van der Waals surface area contributed by atoms with Crippen LogP contribution >= 0.6 is 0 Å². The summed E-state index contributed by atoms with van der Waals surface area (Å²) >= 11 is 0. The van der Waals surface area contributed by atoms with Crippen LogP contribution in [-0.4, -0.2) is 15.8 Å². The number of hydrogen-bond donors (Lipinski definition) is 1. The minimum atomic E-state index is 0.346. The molecule has 1 aromatic heterocycles. The van der Waals surface area contributed by atoms with Gasteiger partial charge in [-0.1, -0.05) is 13.8 Å². The third-order valence-corrected chi connectivity index (χ3v) is 2.81. The summed E-state index contributed by atoms with van der Waals surface area (Å²) in [5.74, 6) is 0.662. The molecule has 1 atom stereocenters. The molecule has 1 heterocycles. The molecular formula is C11H19N3. The highest BCUT2D eigenvalue weighted by Gasteiger charge is 2.19. The standard InChI is InChI=1S/C11H19N3/c1-8(2)7-14-11-4-3-10(12)5-9(11)6-13-14/h6,8,10H,3-5,7,12H2,1-2H3. The minimum Gasteiger partial charge on any atom is -0.327 e. The Balaban J connectivity index is 2.20. The van der Waals surface area contributed by atoms with Crippen LogP contribution in [0.2, 0.25) is 0 Å². The monoisotopic (exact) mass is 193 g/mol. The molecule has 0 saturated heterocycles. The van der Waals surface area contributed by atoms with Crippen LogP contribution in [-0.2, 0) is 19.4 Å². The van der Waals surface area contributed by atoms with Crippen LogP contribution in [0.25, 0.3) is 0 Å². The first kappa shape index (κ1) is 9.71. The SMILES string of the molecule is CC(C)Cn1ncc2c1CCC(N)C2. The molecule has 1 unspecified atom stereocenters. The van der Waals surface area contributed by atoms with Crippen molar-refractivity contribution in [2.24, 2.45) is 11.7 Å². The first-order chi connectivity index (χ1) is 6.66. The summed E-state index contributed by atoms with van der Waals surface area (Å²) in [6.45, 7) is 5.48. The Labute approximate surface area is 85.3 Å². The number of nitrogens with two attached hydrogens (primary N) is 1. The number of rotatable bonds is 2. The molecule has 2 N–H and O–H groups in total. The van der Waals surface area contributed by atoms with Gasteiger partial charge in [-0.25, -0.2) is 0 Å². The molecular weight excluding hydrogens is 174 g/mol. The molecule has 0 amide bonds. The van der Waals surface area contributed by atoms with Crippen molar-refractivity contribution in [3.05, 3.63) is 17.5 Å². The van der Waals surface area contributed by atoms with Crippen LogP contribution in [0.3, 0.4) is 0 Å². The molecule has 78 valence electrons. The maximum Gasteiger partial charge on any atom is 0.0525 e. The van der Waals surface area contributed by atoms with Gasteiger partial charge in [0.15, 0.2) is 0 Å². The van der Waals surface area contributed by atoms with Crippen molar-refractivity contribution < 1.29 is 0 Å². The van der Waals surface area contributed by atoms with Crippen molar-refractivity contribution in [1.82, 2.24) is 9.78 Å². The van der Waals surface area contributed by atoms with Crippen molar-refractivity contribution in [3.63, 3.8) is 0 Å². The van der Waals surface area contributed by atoms with Crippen molar-refractivity contribution >= 4 is 0 Å². The Morgan fingerprint density at radius 2 is 2.43 bits per heavy atom. The summed E-state index contributed by atoms with van der Waals surface area (Å²) in [5, 5.41) is 4.43. The number of fused-ring (bicyclic) bond motifs is 1. The average molecular weight is 193 g/mol. The third kappa shape index (κ3) is 1.82. The normalized spacial score (nSPS) is 21.3. The Morgan fingerprint density at radius 3 is 3.14 bits per heavy atom.